The second-order valence-corrected chi connectivity index (χ2v) is 5.25. The van der Waals surface area contributed by atoms with Crippen LogP contribution in [0.15, 0.2) is 48.5 Å². The molecule has 2 N–H and O–H groups in total. The number of aliphatic hydroxyl groups is 1. The standard InChI is InChI=1S/C17H15FN2O6/c1-26-17(23)14(19-16(22)10-5-3-2-4-6-10)15(21)11-7-8-12(18)13(9-11)20(24)25/h2-9,14-15,21H,1H3,(H,19,22)/t14-,15+/m0/s1. The Kier molecular flexibility index (Phi) is 5.97. The maximum absolute atomic E-state index is 13.5. The maximum atomic E-state index is 13.5. The number of ether oxygens (including phenoxy) is 1. The van der Waals surface area contributed by atoms with E-state index in [0.29, 0.717) is 0 Å². The number of nitrogens with zero attached hydrogens (tertiary/aromatic N) is 1. The number of nitro benzene ring substituents is 1. The van der Waals surface area contributed by atoms with Crippen molar-refractivity contribution in [2.24, 2.45) is 0 Å². The van der Waals surface area contributed by atoms with Gasteiger partial charge in [0.2, 0.25) is 5.82 Å². The molecule has 9 heteroatoms. The predicted molar refractivity (Wildman–Crippen MR) is 87.7 cm³/mol. The molecular formula is C17H15FN2O6. The summed E-state index contributed by atoms with van der Waals surface area (Å²) in [7, 11) is 1.06. The molecule has 0 fully saturated rings. The van der Waals surface area contributed by atoms with E-state index >= 15 is 0 Å². The van der Waals surface area contributed by atoms with Crippen LogP contribution >= 0.6 is 0 Å². The van der Waals surface area contributed by atoms with Gasteiger partial charge in [-0.3, -0.25) is 14.9 Å². The SMILES string of the molecule is COC(=O)[C@@H](NC(=O)c1ccccc1)[C@H](O)c1ccc(F)c([N+](=O)[O-])c1. The fourth-order valence-electron chi connectivity index (χ4n) is 2.25. The summed E-state index contributed by atoms with van der Waals surface area (Å²) in [6, 6.07) is 9.05. The van der Waals surface area contributed by atoms with Crippen molar-refractivity contribution in [2.45, 2.75) is 12.1 Å². The number of hydrogen-bond donors (Lipinski definition) is 2. The molecule has 0 aromatic heterocycles. The summed E-state index contributed by atoms with van der Waals surface area (Å²) in [5.74, 6) is -2.71. The van der Waals surface area contributed by atoms with Crippen LogP contribution in [0.3, 0.4) is 0 Å². The van der Waals surface area contributed by atoms with Crippen molar-refractivity contribution < 1.29 is 28.7 Å². The number of methoxy groups -OCH3 is 1. The second-order valence-electron chi connectivity index (χ2n) is 5.25. The van der Waals surface area contributed by atoms with E-state index in [1.165, 1.54) is 12.1 Å². The Labute approximate surface area is 147 Å². The predicted octanol–water partition coefficient (Wildman–Crippen LogP) is 1.74. The fraction of sp³-hybridized carbons (Fsp3) is 0.176. The number of aliphatic hydroxyl groups excluding tert-OH is 1. The van der Waals surface area contributed by atoms with Crippen LogP contribution in [-0.4, -0.2) is 35.1 Å². The third-order valence-corrected chi connectivity index (χ3v) is 3.60. The fourth-order valence-corrected chi connectivity index (χ4v) is 2.25. The summed E-state index contributed by atoms with van der Waals surface area (Å²) in [6.45, 7) is 0. The van der Waals surface area contributed by atoms with Crippen LogP contribution in [0.2, 0.25) is 0 Å². The van der Waals surface area contributed by atoms with E-state index in [9.17, 15) is 29.2 Å². The topological polar surface area (TPSA) is 119 Å². The summed E-state index contributed by atoms with van der Waals surface area (Å²) in [4.78, 5) is 34.1. The van der Waals surface area contributed by atoms with E-state index in [1.807, 2.05) is 0 Å². The first-order valence-electron chi connectivity index (χ1n) is 7.40. The van der Waals surface area contributed by atoms with E-state index in [1.54, 1.807) is 18.2 Å². The molecule has 0 heterocycles. The Hall–Kier alpha value is -3.33. The molecule has 2 rings (SSSR count). The minimum absolute atomic E-state index is 0.123. The molecule has 0 spiro atoms. The number of amides is 1. The Morgan fingerprint density at radius 3 is 2.46 bits per heavy atom. The minimum atomic E-state index is -1.69. The molecule has 0 aliphatic heterocycles. The molecule has 136 valence electrons. The molecule has 2 atom stereocenters. The first-order valence-corrected chi connectivity index (χ1v) is 7.40. The van der Waals surface area contributed by atoms with Gasteiger partial charge >= 0.3 is 11.7 Å². The zero-order chi connectivity index (χ0) is 19.3. The van der Waals surface area contributed by atoms with Gasteiger partial charge in [0, 0.05) is 11.6 Å². The number of halogens is 1. The summed E-state index contributed by atoms with van der Waals surface area (Å²) in [6.07, 6.45) is -1.69. The molecule has 1 amide bonds. The van der Waals surface area contributed by atoms with Crippen molar-refractivity contribution in [1.29, 1.82) is 0 Å². The van der Waals surface area contributed by atoms with Crippen LogP contribution in [0.1, 0.15) is 22.0 Å². The van der Waals surface area contributed by atoms with Gasteiger partial charge in [-0.05, 0) is 23.8 Å². The lowest BCUT2D eigenvalue weighted by atomic mass is 10.0. The lowest BCUT2D eigenvalue weighted by Crippen LogP contribution is -2.45. The van der Waals surface area contributed by atoms with Gasteiger partial charge in [0.25, 0.3) is 5.91 Å². The molecule has 0 aliphatic rings. The van der Waals surface area contributed by atoms with Gasteiger partial charge in [-0.2, -0.15) is 4.39 Å². The molecule has 0 aliphatic carbocycles. The number of benzene rings is 2. The number of esters is 1. The zero-order valence-electron chi connectivity index (χ0n) is 13.6. The van der Waals surface area contributed by atoms with Gasteiger partial charge in [-0.25, -0.2) is 4.79 Å². The summed E-state index contributed by atoms with van der Waals surface area (Å²) >= 11 is 0. The molecule has 0 unspecified atom stereocenters. The van der Waals surface area contributed by atoms with Gasteiger partial charge < -0.3 is 15.2 Å². The van der Waals surface area contributed by atoms with Gasteiger partial charge in [-0.1, -0.05) is 24.3 Å². The Balaban J connectivity index is 2.32. The van der Waals surface area contributed by atoms with Crippen LogP contribution in [-0.2, 0) is 9.53 Å². The van der Waals surface area contributed by atoms with Crippen LogP contribution in [0, 0.1) is 15.9 Å². The van der Waals surface area contributed by atoms with E-state index in [4.69, 9.17) is 0 Å². The number of rotatable bonds is 6. The van der Waals surface area contributed by atoms with Gasteiger partial charge in [0.1, 0.15) is 6.10 Å². The molecule has 2 aromatic rings. The molecule has 0 bridgehead atoms. The van der Waals surface area contributed by atoms with Crippen LogP contribution in [0.5, 0.6) is 0 Å². The van der Waals surface area contributed by atoms with Crippen LogP contribution in [0.25, 0.3) is 0 Å². The largest absolute Gasteiger partial charge is 0.467 e. The minimum Gasteiger partial charge on any atom is -0.467 e. The monoisotopic (exact) mass is 362 g/mol. The van der Waals surface area contributed by atoms with Crippen LogP contribution in [0.4, 0.5) is 10.1 Å². The Morgan fingerprint density at radius 1 is 1.23 bits per heavy atom. The molecule has 0 saturated heterocycles. The number of carbonyl (C=O) groups is 2. The van der Waals surface area contributed by atoms with Crippen LogP contribution < -0.4 is 5.32 Å². The summed E-state index contributed by atoms with van der Waals surface area (Å²) in [5.41, 5.74) is -0.750. The normalized spacial score (nSPS) is 12.7. The lowest BCUT2D eigenvalue weighted by molar-refractivity contribution is -0.387. The first-order chi connectivity index (χ1) is 12.3. The highest BCUT2D eigenvalue weighted by Gasteiger charge is 2.32. The van der Waals surface area contributed by atoms with Gasteiger partial charge in [-0.15, -0.1) is 0 Å². The zero-order valence-corrected chi connectivity index (χ0v) is 13.6. The average molecular weight is 362 g/mol. The second kappa shape index (κ2) is 8.17. The first kappa shape index (κ1) is 19.0. The molecule has 26 heavy (non-hydrogen) atoms. The van der Waals surface area contributed by atoms with Crippen molar-refractivity contribution in [2.75, 3.05) is 7.11 Å². The highest BCUT2D eigenvalue weighted by atomic mass is 19.1. The van der Waals surface area contributed by atoms with E-state index in [2.05, 4.69) is 10.1 Å². The number of nitro groups is 1. The Bertz CT molecular complexity index is 827. The lowest BCUT2D eigenvalue weighted by Gasteiger charge is -2.22. The number of carbonyl (C=O) groups excluding carboxylic acids is 2. The van der Waals surface area contributed by atoms with Crippen molar-refractivity contribution >= 4 is 17.6 Å². The number of nitrogens with one attached hydrogen (secondary N) is 1. The van der Waals surface area contributed by atoms with E-state index < -0.39 is 40.5 Å². The molecular weight excluding hydrogens is 347 g/mol. The quantitative estimate of drug-likeness (QED) is 0.459. The number of hydrogen-bond acceptors (Lipinski definition) is 6. The smallest absolute Gasteiger partial charge is 0.331 e. The highest BCUT2D eigenvalue weighted by molar-refractivity contribution is 5.96. The van der Waals surface area contributed by atoms with Crippen molar-refractivity contribution in [3.05, 3.63) is 75.6 Å². The Morgan fingerprint density at radius 2 is 1.88 bits per heavy atom. The van der Waals surface area contributed by atoms with Crippen molar-refractivity contribution in [3.8, 4) is 0 Å². The van der Waals surface area contributed by atoms with Gasteiger partial charge in [0.15, 0.2) is 6.04 Å². The summed E-state index contributed by atoms with van der Waals surface area (Å²) < 4.78 is 18.0. The van der Waals surface area contributed by atoms with E-state index in [0.717, 1.165) is 25.3 Å². The third kappa shape index (κ3) is 4.19. The molecule has 8 nitrogen and oxygen atoms in total. The molecule has 0 radical (unpaired) electrons. The highest BCUT2D eigenvalue weighted by Crippen LogP contribution is 2.25. The van der Waals surface area contributed by atoms with Gasteiger partial charge in [0.05, 0.1) is 12.0 Å². The van der Waals surface area contributed by atoms with Crippen molar-refractivity contribution in [1.82, 2.24) is 5.32 Å². The van der Waals surface area contributed by atoms with Crippen molar-refractivity contribution in [3.63, 3.8) is 0 Å². The summed E-state index contributed by atoms with van der Waals surface area (Å²) in [5, 5.41) is 23.6. The van der Waals surface area contributed by atoms with E-state index in [-0.39, 0.29) is 11.1 Å². The maximum Gasteiger partial charge on any atom is 0.331 e. The molecule has 2 aromatic carbocycles. The average Bonchev–Trinajstić information content (AvgIpc) is 2.65. The molecule has 0 saturated carbocycles. The third-order valence-electron chi connectivity index (χ3n) is 3.60.